The Morgan fingerprint density at radius 1 is 1.14 bits per heavy atom. The summed E-state index contributed by atoms with van der Waals surface area (Å²) < 4.78 is 0. The van der Waals surface area contributed by atoms with E-state index in [0.717, 1.165) is 17.1 Å². The minimum atomic E-state index is -1.25. The van der Waals surface area contributed by atoms with E-state index in [2.05, 4.69) is 39.0 Å². The Bertz CT molecular complexity index is 38.5. The maximum Gasteiger partial charge on any atom is 0 e. The van der Waals surface area contributed by atoms with Crippen LogP contribution in [0.3, 0.4) is 0 Å². The molecule has 0 rings (SSSR count). The van der Waals surface area contributed by atoms with Gasteiger partial charge in [0.05, 0.1) is 0 Å². The number of hydrogen-bond donors (Lipinski definition) is 0. The lowest BCUT2D eigenvalue weighted by Crippen LogP contribution is -2.48. The third-order valence-corrected chi connectivity index (χ3v) is 20.2. The molecule has 7 heavy (non-hydrogen) atoms. The first-order valence-corrected chi connectivity index (χ1v) is 13.5. The first-order chi connectivity index (χ1) is 3.06. The average molecular weight is 197 g/mol. The Labute approximate surface area is 62.3 Å². The van der Waals surface area contributed by atoms with Crippen LogP contribution in [0.5, 0.6) is 0 Å². The van der Waals surface area contributed by atoms with Gasteiger partial charge < -0.3 is 0 Å². The second-order valence-corrected chi connectivity index (χ2v) is 27.0. The molecule has 0 nitrogen and oxygen atoms in total. The second kappa shape index (κ2) is 3.53. The highest BCUT2D eigenvalue weighted by atomic mass is 30.2. The van der Waals surface area contributed by atoms with Gasteiger partial charge >= 0.3 is 0 Å². The van der Waals surface area contributed by atoms with Crippen LogP contribution in [-0.2, 0) is 0 Å². The molecule has 0 unspecified atom stereocenters. The Morgan fingerprint density at radius 3 is 1.57 bits per heavy atom. The van der Waals surface area contributed by atoms with Crippen LogP contribution in [0.25, 0.3) is 0 Å². The zero-order valence-electron chi connectivity index (χ0n) is 3.50. The van der Waals surface area contributed by atoms with E-state index in [-0.39, 0.29) is 0 Å². The summed E-state index contributed by atoms with van der Waals surface area (Å²) in [6, 6.07) is 0. The minimum Gasteiger partial charge on any atom is 0 e. The summed E-state index contributed by atoms with van der Waals surface area (Å²) in [5, 5.41) is 0. The van der Waals surface area contributed by atoms with Gasteiger partial charge in [0.2, 0.25) is 0 Å². The molecule has 0 aliphatic rings. The van der Waals surface area contributed by atoms with Crippen LogP contribution in [-0.4, -0.2) is 62.3 Å². The first-order valence-electron chi connectivity index (χ1n) is 1.50. The van der Waals surface area contributed by atoms with Gasteiger partial charge in [0.15, 0.2) is 0 Å². The van der Waals surface area contributed by atoms with Gasteiger partial charge in [0.1, 0.15) is 0 Å². The molecule has 0 N–H and O–H groups in total. The summed E-state index contributed by atoms with van der Waals surface area (Å²) in [6.07, 6.45) is -1.25. The lowest BCUT2D eigenvalue weighted by Gasteiger charge is -2.10. The largest absolute Gasteiger partial charge is 0 e. The lowest BCUT2D eigenvalue weighted by molar-refractivity contribution is 3.65. The molecular weight excluding hydrogens is 197 g/mol. The Morgan fingerprint density at radius 2 is 1.57 bits per heavy atom. The topological polar surface area (TPSA) is 0 Å². The molecule has 0 saturated carbocycles. The predicted octanol–water partition coefficient (Wildman–Crippen LogP) is -2.67. The zero-order chi connectivity index (χ0) is 5.91. The molecule has 7 heteroatoms. The van der Waals surface area contributed by atoms with Crippen molar-refractivity contribution in [2.24, 2.45) is 0 Å². The molecule has 0 aromatic heterocycles. The van der Waals surface area contributed by atoms with Crippen molar-refractivity contribution in [1.29, 1.82) is 0 Å². The van der Waals surface area contributed by atoms with Crippen molar-refractivity contribution >= 4 is 62.3 Å². The molecule has 0 atom stereocenters. The molecule has 0 aromatic carbocycles. The predicted molar refractivity (Wildman–Crippen MR) is 40.3 cm³/mol. The van der Waals surface area contributed by atoms with Crippen molar-refractivity contribution in [2.75, 3.05) is 0 Å². The third-order valence-electron chi connectivity index (χ3n) is 0.250. The smallest absolute Gasteiger partial charge is 0 e. The summed E-state index contributed by atoms with van der Waals surface area (Å²) in [4.78, 5) is 0. The molecule has 0 heterocycles. The lowest BCUT2D eigenvalue weighted by atomic mass is 26.0. The standard InChI is InChI=1S/Si7/c1-5-6-7(2,3)4. The average Bonchev–Trinajstić information content (AvgIpc) is 1.30. The van der Waals surface area contributed by atoms with Crippen LogP contribution in [0.1, 0.15) is 0 Å². The van der Waals surface area contributed by atoms with E-state index < -0.39 is 6.14 Å². The van der Waals surface area contributed by atoms with Crippen LogP contribution in [0.2, 0.25) is 0 Å². The maximum atomic E-state index is 3.54. The van der Waals surface area contributed by atoms with Gasteiger partial charge in [0, 0.05) is 62.3 Å². The summed E-state index contributed by atoms with van der Waals surface area (Å²) in [5.41, 5.74) is 0. The van der Waals surface area contributed by atoms with Gasteiger partial charge in [-0.2, -0.15) is 0 Å². The Hall–Kier alpha value is 1.52. The highest BCUT2D eigenvalue weighted by Gasteiger charge is 2.10. The van der Waals surface area contributed by atoms with Crippen molar-refractivity contribution in [3.63, 3.8) is 0 Å². The molecule has 0 amide bonds. The monoisotopic (exact) mass is 196 g/mol. The molecule has 0 aliphatic carbocycles. The van der Waals surface area contributed by atoms with E-state index in [1.54, 1.807) is 0 Å². The molecule has 16 radical (unpaired) electrons. The molecule has 0 bridgehead atoms. The van der Waals surface area contributed by atoms with Crippen LogP contribution in [0.15, 0.2) is 0 Å². The summed E-state index contributed by atoms with van der Waals surface area (Å²) in [7, 11) is 15.8. The molecular formula is Si7. The minimum absolute atomic E-state index is 0.858. The zero-order valence-corrected chi connectivity index (χ0v) is 10.5. The molecule has 28 valence electrons. The molecule has 0 saturated heterocycles. The van der Waals surface area contributed by atoms with Crippen LogP contribution in [0, 0.1) is 0 Å². The van der Waals surface area contributed by atoms with Crippen molar-refractivity contribution in [3.8, 4) is 0 Å². The van der Waals surface area contributed by atoms with E-state index in [1.807, 2.05) is 0 Å². The van der Waals surface area contributed by atoms with E-state index in [0.29, 0.717) is 0 Å². The van der Waals surface area contributed by atoms with Gasteiger partial charge in [-0.3, -0.25) is 0 Å². The fraction of sp³-hybridized carbons (Fsp3) is 0. The number of rotatable bonds is 2. The summed E-state index contributed by atoms with van der Waals surface area (Å²) >= 11 is 0. The quantitative estimate of drug-likeness (QED) is 0.423. The van der Waals surface area contributed by atoms with Gasteiger partial charge in [0.25, 0.3) is 0 Å². The van der Waals surface area contributed by atoms with Crippen molar-refractivity contribution < 1.29 is 0 Å². The molecule has 0 aliphatic heterocycles. The molecule has 0 aromatic rings. The van der Waals surface area contributed by atoms with Crippen molar-refractivity contribution in [2.45, 2.75) is 0 Å². The van der Waals surface area contributed by atoms with E-state index in [1.165, 1.54) is 0 Å². The Kier molecular flexibility index (Phi) is 4.29. The van der Waals surface area contributed by atoms with Gasteiger partial charge in [-0.15, -0.1) is 0 Å². The van der Waals surface area contributed by atoms with E-state index >= 15 is 0 Å². The van der Waals surface area contributed by atoms with Gasteiger partial charge in [-0.25, -0.2) is 0 Å². The highest BCUT2D eigenvalue weighted by molar-refractivity contribution is 7.86. The van der Waals surface area contributed by atoms with Crippen LogP contribution in [0.4, 0.5) is 0 Å². The second-order valence-electron chi connectivity index (χ2n) is 1.00. The van der Waals surface area contributed by atoms with E-state index in [4.69, 9.17) is 0 Å². The fourth-order valence-electron chi connectivity index (χ4n) is 0.0938. The molecule has 0 fully saturated rings. The van der Waals surface area contributed by atoms with Crippen LogP contribution < -0.4 is 0 Å². The maximum absolute atomic E-state index is 3.54. The summed E-state index contributed by atoms with van der Waals surface area (Å²) in [5.74, 6) is 0. The van der Waals surface area contributed by atoms with Crippen molar-refractivity contribution in [3.05, 3.63) is 0 Å². The highest BCUT2D eigenvalue weighted by Crippen LogP contribution is 1.72. The van der Waals surface area contributed by atoms with Gasteiger partial charge in [-0.1, -0.05) is 0 Å². The Balaban J connectivity index is 3.15. The SMILES string of the molecule is [Si][Si][Si][Si]([Si])([Si])[Si]. The normalized spacial score (nSPS) is 12.0. The van der Waals surface area contributed by atoms with Crippen LogP contribution >= 0.6 is 0 Å². The fourth-order valence-corrected chi connectivity index (χ4v) is 22.8. The third kappa shape index (κ3) is 7.52. The first kappa shape index (κ1) is 8.52. The summed E-state index contributed by atoms with van der Waals surface area (Å²) in [6.45, 7) is 0. The van der Waals surface area contributed by atoms with Crippen molar-refractivity contribution in [1.82, 2.24) is 0 Å². The molecule has 0 spiro atoms. The van der Waals surface area contributed by atoms with Gasteiger partial charge in [-0.05, 0) is 0 Å². The number of hydrogen-bond acceptors (Lipinski definition) is 0. The van der Waals surface area contributed by atoms with E-state index in [9.17, 15) is 0 Å².